The van der Waals surface area contributed by atoms with Crippen LogP contribution in [0.4, 0.5) is 5.69 Å². The van der Waals surface area contributed by atoms with Crippen LogP contribution >= 0.6 is 0 Å². The first kappa shape index (κ1) is 23.2. The van der Waals surface area contributed by atoms with E-state index >= 15 is 0 Å². The van der Waals surface area contributed by atoms with E-state index in [9.17, 15) is 9.59 Å². The molecule has 2 aromatic carbocycles. The SMILES string of the molecule is O=C(CCCCCCN(C(=O)c1ccncc1)c1ccc(-c2ccc3[nH]ccc3c2)cc1)NO. The number of rotatable bonds is 10. The van der Waals surface area contributed by atoms with Crippen molar-refractivity contribution in [2.45, 2.75) is 32.1 Å². The Morgan fingerprint density at radius 3 is 2.38 bits per heavy atom. The molecule has 0 saturated heterocycles. The molecule has 0 aliphatic heterocycles. The van der Waals surface area contributed by atoms with E-state index in [4.69, 9.17) is 5.21 Å². The molecule has 4 aromatic rings. The number of benzene rings is 2. The number of unbranched alkanes of at least 4 members (excludes halogenated alkanes) is 3. The van der Waals surface area contributed by atoms with Crippen LogP contribution in [0.1, 0.15) is 42.5 Å². The van der Waals surface area contributed by atoms with Crippen molar-refractivity contribution in [2.75, 3.05) is 11.4 Å². The Bertz CT molecular complexity index is 1240. The minimum absolute atomic E-state index is 0.0662. The third-order valence-electron chi connectivity index (χ3n) is 5.90. The van der Waals surface area contributed by atoms with Crippen molar-refractivity contribution >= 4 is 28.4 Å². The van der Waals surface area contributed by atoms with Crippen LogP contribution in [0.25, 0.3) is 22.0 Å². The van der Waals surface area contributed by atoms with Crippen LogP contribution in [0.2, 0.25) is 0 Å². The minimum atomic E-state index is -0.370. The Morgan fingerprint density at radius 2 is 1.62 bits per heavy atom. The molecule has 2 heterocycles. The molecule has 7 heteroatoms. The van der Waals surface area contributed by atoms with Gasteiger partial charge in [0, 0.05) is 48.3 Å². The van der Waals surface area contributed by atoms with Crippen LogP contribution in [0, 0.1) is 0 Å². The molecule has 0 spiro atoms. The highest BCUT2D eigenvalue weighted by molar-refractivity contribution is 6.06. The summed E-state index contributed by atoms with van der Waals surface area (Å²) < 4.78 is 0. The number of H-pyrrole nitrogens is 1. The fraction of sp³-hybridized carbons (Fsp3) is 0.222. The highest BCUT2D eigenvalue weighted by Crippen LogP contribution is 2.27. The zero-order valence-corrected chi connectivity index (χ0v) is 18.9. The number of aromatic nitrogens is 2. The molecular weight excluding hydrogens is 428 g/mol. The number of aromatic amines is 1. The van der Waals surface area contributed by atoms with Gasteiger partial charge in [-0.05, 0) is 71.8 Å². The second-order valence-electron chi connectivity index (χ2n) is 8.22. The number of nitrogens with one attached hydrogen (secondary N) is 2. The van der Waals surface area contributed by atoms with Gasteiger partial charge in [0.2, 0.25) is 5.91 Å². The van der Waals surface area contributed by atoms with Gasteiger partial charge >= 0.3 is 0 Å². The second kappa shape index (κ2) is 11.2. The predicted molar refractivity (Wildman–Crippen MR) is 133 cm³/mol. The quantitative estimate of drug-likeness (QED) is 0.171. The average molecular weight is 457 g/mol. The van der Waals surface area contributed by atoms with Crippen LogP contribution < -0.4 is 10.4 Å². The molecule has 7 nitrogen and oxygen atoms in total. The lowest BCUT2D eigenvalue weighted by molar-refractivity contribution is -0.129. The van der Waals surface area contributed by atoms with Crippen molar-refractivity contribution < 1.29 is 14.8 Å². The van der Waals surface area contributed by atoms with Gasteiger partial charge in [0.1, 0.15) is 0 Å². The molecule has 2 aromatic heterocycles. The van der Waals surface area contributed by atoms with Crippen molar-refractivity contribution in [3.05, 3.63) is 84.8 Å². The number of amides is 2. The second-order valence-corrected chi connectivity index (χ2v) is 8.22. The number of hydrogen-bond donors (Lipinski definition) is 3. The molecular formula is C27H28N4O3. The molecule has 0 radical (unpaired) electrons. The summed E-state index contributed by atoms with van der Waals surface area (Å²) in [6.07, 6.45) is 8.72. The van der Waals surface area contributed by atoms with Crippen molar-refractivity contribution in [2.24, 2.45) is 0 Å². The summed E-state index contributed by atoms with van der Waals surface area (Å²) in [7, 11) is 0. The molecule has 0 fully saturated rings. The zero-order chi connectivity index (χ0) is 23.8. The molecule has 0 saturated carbocycles. The highest BCUT2D eigenvalue weighted by Gasteiger charge is 2.17. The number of hydrogen-bond acceptors (Lipinski definition) is 4. The molecule has 2 amide bonds. The van der Waals surface area contributed by atoms with Gasteiger partial charge in [-0.3, -0.25) is 19.8 Å². The number of carbonyl (C=O) groups excluding carboxylic acids is 2. The molecule has 3 N–H and O–H groups in total. The molecule has 34 heavy (non-hydrogen) atoms. The molecule has 0 atom stereocenters. The van der Waals surface area contributed by atoms with Gasteiger partial charge in [-0.25, -0.2) is 5.48 Å². The highest BCUT2D eigenvalue weighted by atomic mass is 16.5. The Labute approximate surface area is 198 Å². The Hall–Kier alpha value is -3.97. The number of hydroxylamine groups is 1. The van der Waals surface area contributed by atoms with E-state index in [1.807, 2.05) is 30.5 Å². The molecule has 0 bridgehead atoms. The van der Waals surface area contributed by atoms with Gasteiger partial charge in [-0.1, -0.05) is 31.0 Å². The monoisotopic (exact) mass is 456 g/mol. The van der Waals surface area contributed by atoms with Gasteiger partial charge in [-0.15, -0.1) is 0 Å². The maximum Gasteiger partial charge on any atom is 0.258 e. The summed E-state index contributed by atoms with van der Waals surface area (Å²) in [6, 6.07) is 19.9. The van der Waals surface area contributed by atoms with Crippen LogP contribution in [-0.2, 0) is 4.79 Å². The first-order valence-electron chi connectivity index (χ1n) is 11.5. The van der Waals surface area contributed by atoms with Crippen molar-refractivity contribution in [1.82, 2.24) is 15.4 Å². The summed E-state index contributed by atoms with van der Waals surface area (Å²) >= 11 is 0. The largest absolute Gasteiger partial charge is 0.361 e. The van der Waals surface area contributed by atoms with E-state index in [2.05, 4.69) is 34.2 Å². The summed E-state index contributed by atoms with van der Waals surface area (Å²) in [5, 5.41) is 9.74. The van der Waals surface area contributed by atoms with E-state index < -0.39 is 0 Å². The Morgan fingerprint density at radius 1 is 0.882 bits per heavy atom. The fourth-order valence-corrected chi connectivity index (χ4v) is 4.03. The summed E-state index contributed by atoms with van der Waals surface area (Å²) in [5.74, 6) is -0.436. The van der Waals surface area contributed by atoms with E-state index in [0.29, 0.717) is 24.9 Å². The Balaban J connectivity index is 1.47. The number of carbonyl (C=O) groups is 2. The average Bonchev–Trinajstić information content (AvgIpc) is 3.36. The maximum absolute atomic E-state index is 13.3. The summed E-state index contributed by atoms with van der Waals surface area (Å²) in [5.41, 5.74) is 6.40. The first-order valence-corrected chi connectivity index (χ1v) is 11.5. The Kier molecular flexibility index (Phi) is 7.67. The third kappa shape index (κ3) is 5.68. The van der Waals surface area contributed by atoms with Crippen LogP contribution in [0.15, 0.2) is 79.3 Å². The lowest BCUT2D eigenvalue weighted by Gasteiger charge is -2.23. The predicted octanol–water partition coefficient (Wildman–Crippen LogP) is 5.33. The topological polar surface area (TPSA) is 98.3 Å². The summed E-state index contributed by atoms with van der Waals surface area (Å²) in [6.45, 7) is 0.571. The van der Waals surface area contributed by atoms with Gasteiger partial charge in [-0.2, -0.15) is 0 Å². The smallest absolute Gasteiger partial charge is 0.258 e. The maximum atomic E-state index is 13.3. The summed E-state index contributed by atoms with van der Waals surface area (Å²) in [4.78, 5) is 33.5. The zero-order valence-electron chi connectivity index (χ0n) is 18.9. The van der Waals surface area contributed by atoms with E-state index in [1.165, 1.54) is 0 Å². The van der Waals surface area contributed by atoms with E-state index in [-0.39, 0.29) is 11.8 Å². The van der Waals surface area contributed by atoms with Gasteiger partial charge < -0.3 is 9.88 Å². The minimum Gasteiger partial charge on any atom is -0.361 e. The number of fused-ring (bicyclic) bond motifs is 1. The molecule has 0 unspecified atom stereocenters. The van der Waals surface area contributed by atoms with Gasteiger partial charge in [0.05, 0.1) is 0 Å². The van der Waals surface area contributed by atoms with Crippen molar-refractivity contribution in [3.8, 4) is 11.1 Å². The first-order chi connectivity index (χ1) is 16.7. The lowest BCUT2D eigenvalue weighted by Crippen LogP contribution is -2.32. The van der Waals surface area contributed by atoms with Crippen molar-refractivity contribution in [1.29, 1.82) is 0 Å². The van der Waals surface area contributed by atoms with E-state index in [0.717, 1.165) is 47.0 Å². The molecule has 4 rings (SSSR count). The van der Waals surface area contributed by atoms with E-state index in [1.54, 1.807) is 34.9 Å². The van der Waals surface area contributed by atoms with Crippen LogP contribution in [0.3, 0.4) is 0 Å². The molecule has 0 aliphatic carbocycles. The van der Waals surface area contributed by atoms with Crippen LogP contribution in [0.5, 0.6) is 0 Å². The van der Waals surface area contributed by atoms with Gasteiger partial charge in [0.15, 0.2) is 0 Å². The third-order valence-corrected chi connectivity index (χ3v) is 5.90. The number of anilines is 1. The lowest BCUT2D eigenvalue weighted by atomic mass is 10.0. The van der Waals surface area contributed by atoms with Crippen LogP contribution in [-0.4, -0.2) is 33.5 Å². The number of nitrogens with zero attached hydrogens (tertiary/aromatic N) is 2. The molecule has 174 valence electrons. The normalized spacial score (nSPS) is 10.9. The van der Waals surface area contributed by atoms with Crippen molar-refractivity contribution in [3.63, 3.8) is 0 Å². The molecule has 0 aliphatic rings. The number of pyridine rings is 1. The fourth-order valence-electron chi connectivity index (χ4n) is 4.03. The standard InChI is InChI=1S/C27H28N4O3/c32-26(30-34)5-3-1-2-4-18-31(27(33)21-12-15-28-16-13-21)24-9-6-20(7-10-24)22-8-11-25-23(19-22)14-17-29-25/h6-17,19,29,34H,1-5,18H2,(H,30,32). The van der Waals surface area contributed by atoms with Gasteiger partial charge in [0.25, 0.3) is 5.91 Å².